The topological polar surface area (TPSA) is 46.4 Å². The molecule has 0 N–H and O–H groups in total. The molecule has 7 heteroatoms. The summed E-state index contributed by atoms with van der Waals surface area (Å²) in [6, 6.07) is 2.74. The Morgan fingerprint density at radius 1 is 1.30 bits per heavy atom. The van der Waals surface area contributed by atoms with Gasteiger partial charge in [-0.3, -0.25) is 10.1 Å². The van der Waals surface area contributed by atoms with E-state index in [2.05, 4.69) is 6.08 Å². The van der Waals surface area contributed by atoms with Crippen LogP contribution in [0.2, 0.25) is 0 Å². The lowest BCUT2D eigenvalue weighted by Gasteiger charge is -2.36. The Morgan fingerprint density at radius 2 is 2.09 bits per heavy atom. The number of piperidine rings is 1. The van der Waals surface area contributed by atoms with E-state index in [1.54, 1.807) is 4.90 Å². The zero-order chi connectivity index (χ0) is 16.6. The van der Waals surface area contributed by atoms with Crippen LogP contribution in [0.4, 0.5) is 24.5 Å². The van der Waals surface area contributed by atoms with Crippen LogP contribution >= 0.6 is 0 Å². The molecule has 0 amide bonds. The molecule has 1 atom stereocenters. The predicted molar refractivity (Wildman–Crippen MR) is 80.3 cm³/mol. The van der Waals surface area contributed by atoms with Crippen molar-refractivity contribution in [3.63, 3.8) is 0 Å². The van der Waals surface area contributed by atoms with Gasteiger partial charge in [-0.1, -0.05) is 18.2 Å². The Bertz CT molecular complexity index is 695. The molecule has 0 aromatic heterocycles. The normalized spacial score (nSPS) is 20.9. The second-order valence-corrected chi connectivity index (χ2v) is 5.77. The van der Waals surface area contributed by atoms with Gasteiger partial charge in [0.05, 0.1) is 10.5 Å². The fourth-order valence-electron chi connectivity index (χ4n) is 3.14. The number of halogens is 3. The largest absolute Gasteiger partial charge is 0.416 e. The van der Waals surface area contributed by atoms with Gasteiger partial charge in [-0.05, 0) is 36.5 Å². The zero-order valence-corrected chi connectivity index (χ0v) is 12.2. The Kier molecular flexibility index (Phi) is 3.87. The third-order valence-electron chi connectivity index (χ3n) is 4.35. The maximum absolute atomic E-state index is 12.8. The Labute approximate surface area is 131 Å². The number of rotatable bonds is 2. The van der Waals surface area contributed by atoms with Crippen LogP contribution in [0.3, 0.4) is 0 Å². The molecule has 1 saturated heterocycles. The summed E-state index contributed by atoms with van der Waals surface area (Å²) in [5.41, 5.74) is -0.0715. The monoisotopic (exact) mass is 324 g/mol. The number of hydrogen-bond acceptors (Lipinski definition) is 3. The fraction of sp³-hybridized carbons (Fsp3) is 0.375. The number of hydrogen-bond donors (Lipinski definition) is 0. The standard InChI is InChI=1S/C16H15F3N2O2/c17-16(18,19)13-5-6-14(15(9-13)21(22)23)20-8-7-11-3-1-2-4-12(11)10-20/h1-2,4-6,9,11H,3,7-8,10H2. The summed E-state index contributed by atoms with van der Waals surface area (Å²) in [5.74, 6) is 0.435. The summed E-state index contributed by atoms with van der Waals surface area (Å²) in [6.07, 6.45) is 3.24. The lowest BCUT2D eigenvalue weighted by molar-refractivity contribution is -0.384. The average Bonchev–Trinajstić information content (AvgIpc) is 2.53. The van der Waals surface area contributed by atoms with Crippen molar-refractivity contribution in [3.05, 3.63) is 57.7 Å². The molecule has 1 aliphatic heterocycles. The molecule has 4 nitrogen and oxygen atoms in total. The molecule has 1 aromatic carbocycles. The van der Waals surface area contributed by atoms with Gasteiger partial charge >= 0.3 is 6.18 Å². The van der Waals surface area contributed by atoms with E-state index >= 15 is 0 Å². The number of nitro groups is 1. The molecule has 122 valence electrons. The van der Waals surface area contributed by atoms with Crippen LogP contribution in [0.5, 0.6) is 0 Å². The first kappa shape index (κ1) is 15.6. The molecule has 1 heterocycles. The van der Waals surface area contributed by atoms with Gasteiger partial charge in [0.15, 0.2) is 0 Å². The van der Waals surface area contributed by atoms with Gasteiger partial charge in [-0.2, -0.15) is 13.2 Å². The first-order valence-electron chi connectivity index (χ1n) is 7.32. The number of benzene rings is 1. The van der Waals surface area contributed by atoms with Crippen molar-refractivity contribution >= 4 is 11.4 Å². The fourth-order valence-corrected chi connectivity index (χ4v) is 3.14. The predicted octanol–water partition coefficient (Wildman–Crippen LogP) is 4.33. The average molecular weight is 324 g/mol. The van der Waals surface area contributed by atoms with Crippen molar-refractivity contribution in [1.29, 1.82) is 0 Å². The smallest absolute Gasteiger partial charge is 0.362 e. The van der Waals surface area contributed by atoms with Crippen molar-refractivity contribution in [3.8, 4) is 0 Å². The molecule has 1 aromatic rings. The molecule has 1 fully saturated rings. The first-order chi connectivity index (χ1) is 10.9. The maximum atomic E-state index is 12.8. The van der Waals surface area contributed by atoms with Gasteiger partial charge in [-0.15, -0.1) is 0 Å². The third kappa shape index (κ3) is 3.09. The number of nitrogens with zero attached hydrogens (tertiary/aromatic N) is 2. The zero-order valence-electron chi connectivity index (χ0n) is 12.2. The van der Waals surface area contributed by atoms with Crippen molar-refractivity contribution in [2.75, 3.05) is 18.0 Å². The summed E-state index contributed by atoms with van der Waals surface area (Å²) in [7, 11) is 0. The SMILES string of the molecule is O=[N+]([O-])c1cc(C(F)(F)F)ccc1N1CCC2CC=CC=C2C1. The van der Waals surface area contributed by atoms with Crippen LogP contribution in [-0.2, 0) is 6.18 Å². The molecule has 1 aliphatic carbocycles. The van der Waals surface area contributed by atoms with Crippen LogP contribution < -0.4 is 4.90 Å². The molecule has 0 spiro atoms. The van der Waals surface area contributed by atoms with E-state index in [-0.39, 0.29) is 5.69 Å². The highest BCUT2D eigenvalue weighted by Crippen LogP contribution is 2.39. The number of alkyl halides is 3. The molecule has 1 unspecified atom stereocenters. The van der Waals surface area contributed by atoms with E-state index in [1.165, 1.54) is 11.6 Å². The number of fused-ring (bicyclic) bond motifs is 1. The van der Waals surface area contributed by atoms with E-state index in [1.807, 2.05) is 12.2 Å². The van der Waals surface area contributed by atoms with Crippen molar-refractivity contribution in [2.24, 2.45) is 5.92 Å². The first-order valence-corrected chi connectivity index (χ1v) is 7.32. The van der Waals surface area contributed by atoms with Gasteiger partial charge in [-0.25, -0.2) is 0 Å². The van der Waals surface area contributed by atoms with Gasteiger partial charge in [0, 0.05) is 19.2 Å². The van der Waals surface area contributed by atoms with Crippen LogP contribution in [0, 0.1) is 16.0 Å². The van der Waals surface area contributed by atoms with Crippen LogP contribution in [-0.4, -0.2) is 18.0 Å². The molecule has 23 heavy (non-hydrogen) atoms. The Balaban J connectivity index is 1.94. The highest BCUT2D eigenvalue weighted by Gasteiger charge is 2.34. The number of nitro benzene ring substituents is 1. The van der Waals surface area contributed by atoms with Crippen molar-refractivity contribution < 1.29 is 18.1 Å². The van der Waals surface area contributed by atoms with Crippen LogP contribution in [0.1, 0.15) is 18.4 Å². The third-order valence-corrected chi connectivity index (χ3v) is 4.35. The van der Waals surface area contributed by atoms with Gasteiger partial charge in [0.25, 0.3) is 5.69 Å². The van der Waals surface area contributed by atoms with Gasteiger partial charge in [0.2, 0.25) is 0 Å². The summed E-state index contributed by atoms with van der Waals surface area (Å²) >= 11 is 0. The molecular weight excluding hydrogens is 309 g/mol. The molecule has 3 rings (SSSR count). The van der Waals surface area contributed by atoms with E-state index < -0.39 is 22.4 Å². The van der Waals surface area contributed by atoms with E-state index in [0.29, 0.717) is 25.1 Å². The summed E-state index contributed by atoms with van der Waals surface area (Å²) < 4.78 is 38.3. The number of anilines is 1. The van der Waals surface area contributed by atoms with E-state index in [0.717, 1.165) is 18.9 Å². The second kappa shape index (κ2) is 5.72. The lowest BCUT2D eigenvalue weighted by atomic mass is 9.85. The molecule has 2 aliphatic rings. The molecule has 0 bridgehead atoms. The summed E-state index contributed by atoms with van der Waals surface area (Å²) in [4.78, 5) is 12.3. The highest BCUT2D eigenvalue weighted by molar-refractivity contribution is 5.65. The summed E-state index contributed by atoms with van der Waals surface area (Å²) in [5, 5.41) is 11.2. The maximum Gasteiger partial charge on any atom is 0.416 e. The van der Waals surface area contributed by atoms with Gasteiger partial charge < -0.3 is 4.90 Å². The van der Waals surface area contributed by atoms with Crippen LogP contribution in [0.25, 0.3) is 0 Å². The van der Waals surface area contributed by atoms with Gasteiger partial charge in [0.1, 0.15) is 5.69 Å². The van der Waals surface area contributed by atoms with Crippen LogP contribution in [0.15, 0.2) is 42.0 Å². The van der Waals surface area contributed by atoms with E-state index in [9.17, 15) is 23.3 Å². The minimum atomic E-state index is -4.59. The quantitative estimate of drug-likeness (QED) is 0.601. The number of allylic oxidation sites excluding steroid dienone is 3. The highest BCUT2D eigenvalue weighted by atomic mass is 19.4. The van der Waals surface area contributed by atoms with Crippen molar-refractivity contribution in [2.45, 2.75) is 19.0 Å². The molecule has 0 saturated carbocycles. The second-order valence-electron chi connectivity index (χ2n) is 5.77. The minimum Gasteiger partial charge on any atom is -0.362 e. The molecule has 0 radical (unpaired) electrons. The molecular formula is C16H15F3N2O2. The lowest BCUT2D eigenvalue weighted by Crippen LogP contribution is -2.36. The Morgan fingerprint density at radius 3 is 2.78 bits per heavy atom. The Hall–Kier alpha value is -2.31. The minimum absolute atomic E-state index is 0.247. The van der Waals surface area contributed by atoms with Crippen molar-refractivity contribution in [1.82, 2.24) is 0 Å². The summed E-state index contributed by atoms with van der Waals surface area (Å²) in [6.45, 7) is 1.11. The van der Waals surface area contributed by atoms with E-state index in [4.69, 9.17) is 0 Å².